The molecule has 19 N–H and O–H groups in total. The van der Waals surface area contributed by atoms with Crippen molar-refractivity contribution in [3.05, 3.63) is 65.7 Å². The molecule has 0 radical (unpaired) electrons. The van der Waals surface area contributed by atoms with E-state index in [1.54, 1.807) is 30.3 Å². The number of phenols is 1. The average molecular weight is 1200 g/mol. The summed E-state index contributed by atoms with van der Waals surface area (Å²) in [4.78, 5) is 163. The number of carboxylic acid groups (broad SMARTS) is 2. The number of nitrogens with two attached hydrogens (primary N) is 3. The van der Waals surface area contributed by atoms with Gasteiger partial charge in [-0.25, -0.2) is 4.79 Å². The molecule has 13 atom stereocenters. The van der Waals surface area contributed by atoms with Crippen LogP contribution in [0.3, 0.4) is 0 Å². The van der Waals surface area contributed by atoms with Gasteiger partial charge >= 0.3 is 11.9 Å². The van der Waals surface area contributed by atoms with Gasteiger partial charge in [0.25, 0.3) is 0 Å². The van der Waals surface area contributed by atoms with Gasteiger partial charge in [0.1, 0.15) is 60.1 Å². The lowest BCUT2D eigenvalue weighted by atomic mass is 10.0. The van der Waals surface area contributed by atoms with Crippen molar-refractivity contribution in [3.8, 4) is 5.75 Å². The van der Waals surface area contributed by atoms with Gasteiger partial charge in [-0.15, -0.1) is 0 Å². The third-order valence-corrected chi connectivity index (χ3v) is 14.4. The maximum Gasteiger partial charge on any atom is 0.326 e. The number of aromatic hydroxyl groups is 1. The number of benzene rings is 2. The van der Waals surface area contributed by atoms with E-state index >= 15 is 0 Å². The lowest BCUT2D eigenvalue weighted by Crippen LogP contribution is -2.63. The first-order valence-corrected chi connectivity index (χ1v) is 27.9. The number of aliphatic hydroxyl groups excluding tert-OH is 3. The van der Waals surface area contributed by atoms with E-state index in [4.69, 9.17) is 17.2 Å². The second-order valence-electron chi connectivity index (χ2n) is 21.2. The standard InChI is InChI=1S/C55H80N12O18/c1-28(68)43(52(81)59-35(13-7-8-22-56)47(76)62-38(55(84)85)26-32-16-18-33(71)19-17-32)63-51(80)40-15-10-24-67(40)54(83)45(30(3)70)65-49(78)36(25-31-11-5-4-6-12-31)60-48(77)37(27-42(73)74)61-50(79)39-14-9-23-66(39)53(82)44(29(2)69)64-46(75)34(57)20-21-41(58)72/h4-6,11-12,16-19,28-30,34-40,43-45,68-71H,7-10,13-15,20-27,56-57H2,1-3H3,(H2,58,72)(H,59,81)(H,60,77)(H,61,79)(H,62,76)(H,63,80)(H,64,75)(H,65,78)(H,73,74)(H,84,85)/t28-,29-,30-,34+,35+,36+,37+,38+,39+,40+,43+,44+,45+/m1/s1. The number of amides is 10. The number of aliphatic hydroxyl groups is 3. The molecule has 0 saturated carbocycles. The van der Waals surface area contributed by atoms with E-state index in [9.17, 15) is 88.2 Å². The summed E-state index contributed by atoms with van der Waals surface area (Å²) in [6.45, 7) is 3.58. The minimum Gasteiger partial charge on any atom is -0.508 e. The molecule has 2 aliphatic heterocycles. The third kappa shape index (κ3) is 21.1. The van der Waals surface area contributed by atoms with Crippen LogP contribution in [0.1, 0.15) is 96.1 Å². The van der Waals surface area contributed by atoms with E-state index in [2.05, 4.69) is 37.2 Å². The molecule has 0 aromatic heterocycles. The summed E-state index contributed by atoms with van der Waals surface area (Å²) in [6.07, 6.45) is -5.67. The second-order valence-corrected chi connectivity index (χ2v) is 21.2. The van der Waals surface area contributed by atoms with Crippen molar-refractivity contribution >= 4 is 71.0 Å². The molecule has 0 aliphatic carbocycles. The summed E-state index contributed by atoms with van der Waals surface area (Å²) in [5, 5.41) is 78.7. The highest BCUT2D eigenvalue weighted by Crippen LogP contribution is 2.22. The Hall–Kier alpha value is -8.32. The number of likely N-dealkylation sites (tertiary alicyclic amines) is 2. The second kappa shape index (κ2) is 33.2. The maximum atomic E-state index is 14.4. The molecule has 30 heteroatoms. The number of carboxylic acids is 2. The summed E-state index contributed by atoms with van der Waals surface area (Å²) < 4.78 is 0. The van der Waals surface area contributed by atoms with Gasteiger partial charge in [-0.1, -0.05) is 42.5 Å². The van der Waals surface area contributed by atoms with Gasteiger partial charge in [0.2, 0.25) is 59.1 Å². The predicted octanol–water partition coefficient (Wildman–Crippen LogP) is -5.02. The zero-order chi connectivity index (χ0) is 63.2. The smallest absolute Gasteiger partial charge is 0.326 e. The SMILES string of the molecule is C[C@@H](O)[C@H](NC(=O)[C@@H]1CCCN1C(=O)[C@@H](NC(=O)[C@H](Cc1ccccc1)NC(=O)[C@H](CC(=O)O)NC(=O)[C@@H]1CCCN1C(=O)[C@@H](NC(=O)[C@@H](N)CCC(N)=O)[C@@H](C)O)[C@@H](C)O)C(=O)N[C@@H](CCCCN)C(=O)N[C@@H](Cc1ccc(O)cc1)C(=O)O. The molecule has 2 aliphatic rings. The van der Waals surface area contributed by atoms with Crippen molar-refractivity contribution < 1.29 is 88.2 Å². The zero-order valence-corrected chi connectivity index (χ0v) is 47.5. The Labute approximate surface area is 489 Å². The van der Waals surface area contributed by atoms with E-state index in [1.165, 1.54) is 38.1 Å². The van der Waals surface area contributed by atoms with Crippen LogP contribution in [0.4, 0.5) is 0 Å². The monoisotopic (exact) mass is 1200 g/mol. The molecule has 2 fully saturated rings. The number of carbonyl (C=O) groups is 12. The Morgan fingerprint density at radius 1 is 0.553 bits per heavy atom. The minimum atomic E-state index is -1.90. The molecule has 85 heavy (non-hydrogen) atoms. The lowest BCUT2D eigenvalue weighted by Gasteiger charge is -2.32. The van der Waals surface area contributed by atoms with Gasteiger partial charge in [0.05, 0.1) is 30.8 Å². The highest BCUT2D eigenvalue weighted by molar-refractivity contribution is 6.00. The number of nitrogens with zero attached hydrogens (tertiary/aromatic N) is 2. The predicted molar refractivity (Wildman–Crippen MR) is 299 cm³/mol. The molecule has 0 spiro atoms. The van der Waals surface area contributed by atoms with E-state index in [-0.39, 0.29) is 83.2 Å². The van der Waals surface area contributed by atoms with E-state index in [1.807, 2.05) is 0 Å². The van der Waals surface area contributed by atoms with Gasteiger partial charge in [-0.05, 0) is 102 Å². The van der Waals surface area contributed by atoms with Crippen LogP contribution in [0.15, 0.2) is 54.6 Å². The number of hydrogen-bond acceptors (Lipinski definition) is 18. The van der Waals surface area contributed by atoms with Gasteiger partial charge in [0.15, 0.2) is 0 Å². The Balaban J connectivity index is 1.51. The van der Waals surface area contributed by atoms with Crippen LogP contribution < -0.4 is 54.4 Å². The van der Waals surface area contributed by atoms with Crippen molar-refractivity contribution in [3.63, 3.8) is 0 Å². The summed E-state index contributed by atoms with van der Waals surface area (Å²) in [5.74, 6) is -12.8. The van der Waals surface area contributed by atoms with Crippen molar-refractivity contribution in [2.45, 2.75) is 177 Å². The Morgan fingerprint density at radius 3 is 1.53 bits per heavy atom. The van der Waals surface area contributed by atoms with Crippen molar-refractivity contribution in [1.29, 1.82) is 0 Å². The van der Waals surface area contributed by atoms with Crippen LogP contribution in [-0.2, 0) is 70.4 Å². The summed E-state index contributed by atoms with van der Waals surface area (Å²) in [5.41, 5.74) is 17.6. The van der Waals surface area contributed by atoms with Crippen LogP contribution in [-0.4, -0.2) is 210 Å². The molecular formula is C55H80N12O18. The van der Waals surface area contributed by atoms with E-state index in [0.29, 0.717) is 24.0 Å². The van der Waals surface area contributed by atoms with Crippen LogP contribution >= 0.6 is 0 Å². The highest BCUT2D eigenvalue weighted by atomic mass is 16.4. The first-order valence-electron chi connectivity index (χ1n) is 27.9. The molecule has 0 bridgehead atoms. The number of rotatable bonds is 33. The molecular weight excluding hydrogens is 1120 g/mol. The Morgan fingerprint density at radius 2 is 1.02 bits per heavy atom. The summed E-state index contributed by atoms with van der Waals surface area (Å²) in [7, 11) is 0. The fourth-order valence-corrected chi connectivity index (χ4v) is 9.68. The maximum absolute atomic E-state index is 14.4. The van der Waals surface area contributed by atoms with Gasteiger partial charge in [0, 0.05) is 32.4 Å². The molecule has 2 heterocycles. The number of aliphatic carboxylic acids is 2. The van der Waals surface area contributed by atoms with Crippen LogP contribution in [0, 0.1) is 0 Å². The van der Waals surface area contributed by atoms with Crippen molar-refractivity contribution in [2.75, 3.05) is 19.6 Å². The van der Waals surface area contributed by atoms with Gasteiger partial charge < -0.3 is 94.9 Å². The first kappa shape index (κ1) is 69.2. The molecule has 468 valence electrons. The van der Waals surface area contributed by atoms with Gasteiger partial charge in [-0.3, -0.25) is 52.7 Å². The summed E-state index contributed by atoms with van der Waals surface area (Å²) in [6, 6.07) is -1.93. The van der Waals surface area contributed by atoms with Gasteiger partial charge in [-0.2, -0.15) is 0 Å². The molecule has 10 amide bonds. The lowest BCUT2D eigenvalue weighted by molar-refractivity contribution is -0.146. The van der Waals surface area contributed by atoms with E-state index < -0.39 is 156 Å². The Bertz CT molecular complexity index is 2680. The summed E-state index contributed by atoms with van der Waals surface area (Å²) >= 11 is 0. The Kier molecular flexibility index (Phi) is 27.1. The molecule has 0 unspecified atom stereocenters. The fourth-order valence-electron chi connectivity index (χ4n) is 9.68. The topological polar surface area (TPSA) is 495 Å². The zero-order valence-electron chi connectivity index (χ0n) is 47.5. The average Bonchev–Trinajstić information content (AvgIpc) is 4.35. The van der Waals surface area contributed by atoms with Crippen LogP contribution in [0.5, 0.6) is 5.75 Å². The minimum absolute atomic E-state index is 0.000999. The first-order chi connectivity index (χ1) is 40.1. The number of carbonyl (C=O) groups excluding carboxylic acids is 10. The molecule has 4 rings (SSSR count). The number of hydrogen-bond donors (Lipinski definition) is 16. The molecule has 2 saturated heterocycles. The number of primary amides is 1. The third-order valence-electron chi connectivity index (χ3n) is 14.4. The highest BCUT2D eigenvalue weighted by Gasteiger charge is 2.44. The van der Waals surface area contributed by atoms with Crippen molar-refractivity contribution in [2.24, 2.45) is 17.2 Å². The van der Waals surface area contributed by atoms with Crippen LogP contribution in [0.2, 0.25) is 0 Å². The molecule has 30 nitrogen and oxygen atoms in total. The fraction of sp³-hybridized carbons (Fsp3) is 0.564. The number of nitrogens with one attached hydrogen (secondary N) is 7. The number of phenolic OH excluding ortho intramolecular Hbond substituents is 1. The largest absolute Gasteiger partial charge is 0.508 e. The van der Waals surface area contributed by atoms with Crippen molar-refractivity contribution in [1.82, 2.24) is 47.0 Å². The molecule has 2 aromatic carbocycles. The van der Waals surface area contributed by atoms with E-state index in [0.717, 1.165) is 16.7 Å². The quantitative estimate of drug-likeness (QED) is 0.0298. The molecule has 2 aromatic rings. The normalized spacial score (nSPS) is 18.7. The van der Waals surface area contributed by atoms with Crippen LogP contribution in [0.25, 0.3) is 0 Å². The number of unbranched alkanes of at least 4 members (excludes halogenated alkanes) is 1.